The van der Waals surface area contributed by atoms with Crippen LogP contribution in [0, 0.1) is 5.82 Å². The summed E-state index contributed by atoms with van der Waals surface area (Å²) in [6, 6.07) is 10.8. The van der Waals surface area contributed by atoms with Crippen molar-refractivity contribution in [2.45, 2.75) is 19.4 Å². The second-order valence-electron chi connectivity index (χ2n) is 5.94. The van der Waals surface area contributed by atoms with Crippen LogP contribution in [-0.4, -0.2) is 32.6 Å². The molecule has 0 saturated carbocycles. The van der Waals surface area contributed by atoms with Crippen molar-refractivity contribution in [1.29, 1.82) is 0 Å². The van der Waals surface area contributed by atoms with E-state index in [0.717, 1.165) is 5.56 Å². The zero-order valence-electron chi connectivity index (χ0n) is 15.5. The highest BCUT2D eigenvalue weighted by atomic mass is 19.1. The molecule has 1 atom stereocenters. The predicted octanol–water partition coefficient (Wildman–Crippen LogP) is 2.38. The topological polar surface area (TPSA) is 76.7 Å². The van der Waals surface area contributed by atoms with E-state index in [1.165, 1.54) is 12.1 Å². The number of ether oxygens (including phenoxy) is 2. The molecule has 0 radical (unpaired) electrons. The molecule has 0 unspecified atom stereocenters. The van der Waals surface area contributed by atoms with Crippen LogP contribution in [0.5, 0.6) is 11.5 Å². The first-order valence-electron chi connectivity index (χ1n) is 8.49. The predicted molar refractivity (Wildman–Crippen MR) is 99.2 cm³/mol. The summed E-state index contributed by atoms with van der Waals surface area (Å²) in [4.78, 5) is 23.9. The minimum atomic E-state index is -0.737. The maximum absolute atomic E-state index is 12.9. The Hall–Kier alpha value is -3.09. The Morgan fingerprint density at radius 3 is 2.30 bits per heavy atom. The summed E-state index contributed by atoms with van der Waals surface area (Å²) in [5, 5.41) is 5.17. The molecule has 7 heteroatoms. The zero-order valence-corrected chi connectivity index (χ0v) is 15.5. The molecular weight excluding hydrogens is 351 g/mol. The fraction of sp³-hybridized carbons (Fsp3) is 0.300. The Kier molecular flexibility index (Phi) is 7.16. The molecule has 0 aliphatic heterocycles. The molecule has 2 amide bonds. The average molecular weight is 374 g/mol. The Labute approximate surface area is 157 Å². The van der Waals surface area contributed by atoms with E-state index in [9.17, 15) is 14.0 Å². The lowest BCUT2D eigenvalue weighted by atomic mass is 10.1. The van der Waals surface area contributed by atoms with E-state index in [-0.39, 0.29) is 5.82 Å². The lowest BCUT2D eigenvalue weighted by molar-refractivity contribution is -0.139. The van der Waals surface area contributed by atoms with Crippen molar-refractivity contribution >= 4 is 11.8 Å². The Bertz CT molecular complexity index is 793. The van der Waals surface area contributed by atoms with Gasteiger partial charge in [0.25, 0.3) is 0 Å². The molecular formula is C20H23FN2O4. The number of amides is 2. The summed E-state index contributed by atoms with van der Waals surface area (Å²) < 4.78 is 23.4. The molecule has 144 valence electrons. The van der Waals surface area contributed by atoms with Gasteiger partial charge in [0.2, 0.25) is 0 Å². The minimum Gasteiger partial charge on any atom is -0.493 e. The molecule has 6 nitrogen and oxygen atoms in total. The van der Waals surface area contributed by atoms with Gasteiger partial charge in [-0.05, 0) is 48.7 Å². The normalized spacial score (nSPS) is 11.4. The van der Waals surface area contributed by atoms with E-state index < -0.39 is 17.9 Å². The average Bonchev–Trinajstić information content (AvgIpc) is 2.68. The lowest BCUT2D eigenvalue weighted by Gasteiger charge is -2.14. The highest BCUT2D eigenvalue weighted by Gasteiger charge is 2.16. The molecule has 0 saturated heterocycles. The van der Waals surface area contributed by atoms with Crippen LogP contribution in [-0.2, 0) is 16.0 Å². The van der Waals surface area contributed by atoms with Crippen LogP contribution < -0.4 is 20.1 Å². The summed E-state index contributed by atoms with van der Waals surface area (Å²) in [6.07, 6.45) is 0.535. The van der Waals surface area contributed by atoms with Crippen LogP contribution in [0.15, 0.2) is 42.5 Å². The molecule has 0 heterocycles. The van der Waals surface area contributed by atoms with Gasteiger partial charge < -0.3 is 20.1 Å². The fourth-order valence-corrected chi connectivity index (χ4v) is 2.53. The quantitative estimate of drug-likeness (QED) is 0.730. The summed E-state index contributed by atoms with van der Waals surface area (Å²) in [7, 11) is 3.11. The molecule has 27 heavy (non-hydrogen) atoms. The highest BCUT2D eigenvalue weighted by Crippen LogP contribution is 2.27. The summed E-state index contributed by atoms with van der Waals surface area (Å²) in [5.74, 6) is -0.583. The monoisotopic (exact) mass is 374 g/mol. The van der Waals surface area contributed by atoms with Gasteiger partial charge in [-0.1, -0.05) is 18.2 Å². The highest BCUT2D eigenvalue weighted by molar-refractivity contribution is 6.35. The Morgan fingerprint density at radius 2 is 1.67 bits per heavy atom. The van der Waals surface area contributed by atoms with Gasteiger partial charge >= 0.3 is 11.8 Å². The van der Waals surface area contributed by atoms with Crippen molar-refractivity contribution < 1.29 is 23.5 Å². The van der Waals surface area contributed by atoms with E-state index >= 15 is 0 Å². The molecule has 2 N–H and O–H groups in total. The molecule has 0 aliphatic carbocycles. The van der Waals surface area contributed by atoms with Crippen molar-refractivity contribution in [3.8, 4) is 11.5 Å². The number of hydrogen-bond donors (Lipinski definition) is 2. The number of methoxy groups -OCH3 is 2. The number of nitrogens with one attached hydrogen (secondary N) is 2. The van der Waals surface area contributed by atoms with Crippen LogP contribution in [0.4, 0.5) is 4.39 Å². The lowest BCUT2D eigenvalue weighted by Crippen LogP contribution is -2.41. The number of carbonyl (C=O) groups excluding carboxylic acids is 2. The fourth-order valence-electron chi connectivity index (χ4n) is 2.53. The zero-order chi connectivity index (χ0) is 19.8. The van der Waals surface area contributed by atoms with Crippen molar-refractivity contribution in [2.75, 3.05) is 20.8 Å². The largest absolute Gasteiger partial charge is 0.493 e. The van der Waals surface area contributed by atoms with E-state index in [2.05, 4.69) is 10.6 Å². The molecule has 0 fully saturated rings. The third-order valence-electron chi connectivity index (χ3n) is 4.07. The van der Waals surface area contributed by atoms with Crippen molar-refractivity contribution in [1.82, 2.24) is 10.6 Å². The second kappa shape index (κ2) is 9.56. The number of halogens is 1. The summed E-state index contributed by atoms with van der Waals surface area (Å²) in [6.45, 7) is 2.02. The summed E-state index contributed by atoms with van der Waals surface area (Å²) >= 11 is 0. The Balaban J connectivity index is 1.82. The third kappa shape index (κ3) is 5.70. The summed E-state index contributed by atoms with van der Waals surface area (Å²) in [5.41, 5.74) is 1.65. The minimum absolute atomic E-state index is 0.298. The van der Waals surface area contributed by atoms with Crippen LogP contribution in [0.3, 0.4) is 0 Å². The smallest absolute Gasteiger partial charge is 0.309 e. The van der Waals surface area contributed by atoms with Crippen LogP contribution in [0.1, 0.15) is 24.1 Å². The molecule has 2 aromatic carbocycles. The van der Waals surface area contributed by atoms with Gasteiger partial charge in [0.1, 0.15) is 5.82 Å². The standard InChI is InChI=1S/C20H23FN2O4/c1-13(15-5-7-16(21)8-6-15)23-20(25)19(24)22-11-10-14-4-9-17(26-2)18(12-14)27-3/h4-9,12-13H,10-11H2,1-3H3,(H,22,24)(H,23,25)/t13-/m1/s1. The van der Waals surface area contributed by atoms with Gasteiger partial charge in [0, 0.05) is 6.54 Å². The van der Waals surface area contributed by atoms with E-state index in [1.54, 1.807) is 39.3 Å². The number of benzene rings is 2. The first-order chi connectivity index (χ1) is 12.9. The number of rotatable bonds is 7. The van der Waals surface area contributed by atoms with Gasteiger partial charge in [-0.25, -0.2) is 4.39 Å². The van der Waals surface area contributed by atoms with Gasteiger partial charge in [0.15, 0.2) is 11.5 Å². The van der Waals surface area contributed by atoms with E-state index in [4.69, 9.17) is 9.47 Å². The van der Waals surface area contributed by atoms with Crippen LogP contribution in [0.25, 0.3) is 0 Å². The maximum atomic E-state index is 12.9. The number of hydrogen-bond acceptors (Lipinski definition) is 4. The first kappa shape index (κ1) is 20.2. The van der Waals surface area contributed by atoms with Crippen molar-refractivity contribution in [3.63, 3.8) is 0 Å². The number of carbonyl (C=O) groups is 2. The SMILES string of the molecule is COc1ccc(CCNC(=O)C(=O)N[C@H](C)c2ccc(F)cc2)cc1OC. The van der Waals surface area contributed by atoms with Crippen LogP contribution >= 0.6 is 0 Å². The molecule has 0 aromatic heterocycles. The van der Waals surface area contributed by atoms with Gasteiger partial charge in [-0.2, -0.15) is 0 Å². The molecule has 0 aliphatic rings. The van der Waals surface area contributed by atoms with E-state index in [1.807, 2.05) is 12.1 Å². The third-order valence-corrected chi connectivity index (χ3v) is 4.07. The van der Waals surface area contributed by atoms with E-state index in [0.29, 0.717) is 30.0 Å². The van der Waals surface area contributed by atoms with Gasteiger partial charge in [-0.3, -0.25) is 9.59 Å². The van der Waals surface area contributed by atoms with Gasteiger partial charge in [-0.15, -0.1) is 0 Å². The second-order valence-corrected chi connectivity index (χ2v) is 5.94. The van der Waals surface area contributed by atoms with Crippen LogP contribution in [0.2, 0.25) is 0 Å². The Morgan fingerprint density at radius 1 is 1.00 bits per heavy atom. The molecule has 2 aromatic rings. The molecule has 0 spiro atoms. The maximum Gasteiger partial charge on any atom is 0.309 e. The van der Waals surface area contributed by atoms with Crippen molar-refractivity contribution in [3.05, 3.63) is 59.4 Å². The first-order valence-corrected chi connectivity index (χ1v) is 8.49. The molecule has 2 rings (SSSR count). The molecule has 0 bridgehead atoms. The van der Waals surface area contributed by atoms with Crippen molar-refractivity contribution in [2.24, 2.45) is 0 Å². The van der Waals surface area contributed by atoms with Gasteiger partial charge in [0.05, 0.1) is 20.3 Å².